The average Bonchev–Trinajstić information content (AvgIpc) is 3.11. The quantitative estimate of drug-likeness (QED) is 0.218. The minimum atomic E-state index is -2.73. The van der Waals surface area contributed by atoms with Gasteiger partial charge in [-0.3, -0.25) is 0 Å². The van der Waals surface area contributed by atoms with Gasteiger partial charge in [0.05, 0.1) is 48.0 Å². The maximum atomic E-state index is 14.9. The van der Waals surface area contributed by atoms with E-state index in [2.05, 4.69) is 26.1 Å². The maximum Gasteiger partial charge on any atom is 0.255 e. The third kappa shape index (κ3) is 3.94. The van der Waals surface area contributed by atoms with Gasteiger partial charge in [0.2, 0.25) is 0 Å². The molecule has 0 aliphatic carbocycles. The summed E-state index contributed by atoms with van der Waals surface area (Å²) >= 11 is 10.5. The van der Waals surface area contributed by atoms with Crippen LogP contribution in [0.15, 0.2) is 14.6 Å². The molecular formula is C16H16BrClF3N3O3S. The molecule has 0 saturated carbocycles. The second-order valence-corrected chi connectivity index (χ2v) is 7.96. The number of fused-ring (bicyclic) bond motifs is 2. The first kappa shape index (κ1) is 21.5. The Kier molecular flexibility index (Phi) is 7.00. The van der Waals surface area contributed by atoms with Crippen LogP contribution in [0.4, 0.5) is 18.9 Å². The Morgan fingerprint density at radius 3 is 2.82 bits per heavy atom. The molecule has 2 aliphatic heterocycles. The number of ether oxygens (including phenoxy) is 2. The molecule has 1 aromatic carbocycles. The first-order valence-corrected chi connectivity index (χ1v) is 10.6. The largest absolute Gasteiger partial charge is 0.491 e. The summed E-state index contributed by atoms with van der Waals surface area (Å²) in [4.78, 5) is 5.28. The van der Waals surface area contributed by atoms with Crippen molar-refractivity contribution in [3.05, 3.63) is 20.9 Å². The predicted molar refractivity (Wildman–Crippen MR) is 105 cm³/mol. The number of rotatable bonds is 4. The fourth-order valence-corrected chi connectivity index (χ4v) is 4.07. The van der Waals surface area contributed by atoms with Gasteiger partial charge in [0, 0.05) is 5.92 Å². The van der Waals surface area contributed by atoms with Gasteiger partial charge >= 0.3 is 0 Å². The summed E-state index contributed by atoms with van der Waals surface area (Å²) in [6.07, 6.45) is -1.01. The van der Waals surface area contributed by atoms with E-state index in [1.165, 1.54) is 22.2 Å². The molecule has 0 radical (unpaired) electrons. The van der Waals surface area contributed by atoms with E-state index in [1.54, 1.807) is 6.26 Å². The highest BCUT2D eigenvalue weighted by molar-refractivity contribution is 9.10. The molecule has 1 fully saturated rings. The zero-order chi connectivity index (χ0) is 20.4. The Morgan fingerprint density at radius 2 is 2.18 bits per heavy atom. The van der Waals surface area contributed by atoms with Crippen molar-refractivity contribution in [1.29, 1.82) is 0 Å². The van der Waals surface area contributed by atoms with Crippen LogP contribution in [0.3, 0.4) is 0 Å². The van der Waals surface area contributed by atoms with E-state index < -0.39 is 24.8 Å². The zero-order valence-corrected chi connectivity index (χ0v) is 17.7. The predicted octanol–water partition coefficient (Wildman–Crippen LogP) is 4.37. The fraction of sp³-hybridized carbons (Fsp3) is 0.500. The Balaban J connectivity index is 2.28. The molecule has 2 heterocycles. The van der Waals surface area contributed by atoms with Crippen LogP contribution >= 0.6 is 39.3 Å². The van der Waals surface area contributed by atoms with Gasteiger partial charge in [0.15, 0.2) is 17.4 Å². The Labute approximate surface area is 176 Å². The van der Waals surface area contributed by atoms with Crippen LogP contribution in [-0.4, -0.2) is 66.6 Å². The highest BCUT2D eigenvalue weighted by atomic mass is 79.9. The van der Waals surface area contributed by atoms with E-state index in [1.807, 2.05) is 0 Å². The lowest BCUT2D eigenvalue weighted by molar-refractivity contribution is 0.0831. The molecule has 12 heteroatoms. The number of oxime groups is 1. The second-order valence-electron chi connectivity index (χ2n) is 6.11. The SMILES string of the molecule is CSC=Nc1c(F)c(Br)c(Cl)c2c1/C(=N\O)N(CC(F)F)C1COCC1CO2. The van der Waals surface area contributed by atoms with Gasteiger partial charge in [0.25, 0.3) is 6.43 Å². The van der Waals surface area contributed by atoms with Crippen LogP contribution in [0, 0.1) is 11.7 Å². The molecule has 0 amide bonds. The van der Waals surface area contributed by atoms with Crippen molar-refractivity contribution in [2.45, 2.75) is 12.5 Å². The van der Waals surface area contributed by atoms with Crippen LogP contribution in [0.1, 0.15) is 5.56 Å². The summed E-state index contributed by atoms with van der Waals surface area (Å²) in [7, 11) is 0. The Morgan fingerprint density at radius 1 is 1.43 bits per heavy atom. The summed E-state index contributed by atoms with van der Waals surface area (Å²) in [6, 6.07) is -0.532. The highest BCUT2D eigenvalue weighted by Gasteiger charge is 2.42. The van der Waals surface area contributed by atoms with Gasteiger partial charge < -0.3 is 19.6 Å². The highest BCUT2D eigenvalue weighted by Crippen LogP contribution is 2.46. The third-order valence-corrected chi connectivity index (χ3v) is 6.13. The van der Waals surface area contributed by atoms with Crippen LogP contribution < -0.4 is 4.74 Å². The molecule has 154 valence electrons. The fourth-order valence-electron chi connectivity index (χ4n) is 3.26. The average molecular weight is 503 g/mol. The van der Waals surface area contributed by atoms with Crippen LogP contribution in [0.2, 0.25) is 5.02 Å². The second kappa shape index (κ2) is 9.10. The summed E-state index contributed by atoms with van der Waals surface area (Å²) in [5.74, 6) is -1.38. The normalized spacial score (nSPS) is 23.7. The Bertz CT molecular complexity index is 815. The first-order valence-electron chi connectivity index (χ1n) is 8.14. The van der Waals surface area contributed by atoms with Gasteiger partial charge in [-0.2, -0.15) is 0 Å². The summed E-state index contributed by atoms with van der Waals surface area (Å²) in [6.45, 7) is -0.189. The summed E-state index contributed by atoms with van der Waals surface area (Å²) < 4.78 is 52.8. The summed E-state index contributed by atoms with van der Waals surface area (Å²) in [5.41, 5.74) is 1.04. The van der Waals surface area contributed by atoms with E-state index in [4.69, 9.17) is 21.1 Å². The molecule has 2 atom stereocenters. The number of halogens is 5. The van der Waals surface area contributed by atoms with Crippen molar-refractivity contribution in [3.8, 4) is 5.75 Å². The van der Waals surface area contributed by atoms with Crippen molar-refractivity contribution >= 4 is 56.4 Å². The molecule has 0 spiro atoms. The van der Waals surface area contributed by atoms with E-state index in [0.29, 0.717) is 0 Å². The third-order valence-electron chi connectivity index (χ3n) is 4.48. The number of nitrogens with zero attached hydrogens (tertiary/aromatic N) is 3. The van der Waals surface area contributed by atoms with E-state index >= 15 is 0 Å². The number of thioether (sulfide) groups is 1. The van der Waals surface area contributed by atoms with Gasteiger partial charge in [-0.1, -0.05) is 16.8 Å². The van der Waals surface area contributed by atoms with E-state index in [9.17, 15) is 18.4 Å². The van der Waals surface area contributed by atoms with Crippen molar-refractivity contribution in [3.63, 3.8) is 0 Å². The van der Waals surface area contributed by atoms with Crippen LogP contribution in [-0.2, 0) is 4.74 Å². The van der Waals surface area contributed by atoms with E-state index in [-0.39, 0.29) is 58.1 Å². The molecule has 3 rings (SSSR count). The van der Waals surface area contributed by atoms with Gasteiger partial charge in [0.1, 0.15) is 10.7 Å². The first-order chi connectivity index (χ1) is 13.4. The number of aliphatic imine (C=N–C) groups is 1. The molecule has 0 aromatic heterocycles. The lowest BCUT2D eigenvalue weighted by atomic mass is 9.99. The molecule has 2 unspecified atom stereocenters. The lowest BCUT2D eigenvalue weighted by Gasteiger charge is -2.36. The molecule has 1 N–H and O–H groups in total. The summed E-state index contributed by atoms with van der Waals surface area (Å²) in [5, 5.41) is 12.8. The smallest absolute Gasteiger partial charge is 0.255 e. The molecule has 28 heavy (non-hydrogen) atoms. The van der Waals surface area contributed by atoms with Crippen LogP contribution in [0.5, 0.6) is 5.75 Å². The number of amidine groups is 1. The standard InChI is InChI=1S/C16H16BrClF3N3O3S/c1-28-6-22-14-10-15(12(18)11(17)13(14)21)27-4-7-3-26-5-8(7)24(2-9(19)20)16(10)23-25/h6-9,25H,2-5H2,1H3/b22-6?,23-16+. The molecule has 0 bridgehead atoms. The van der Waals surface area contributed by atoms with Gasteiger partial charge in [-0.25, -0.2) is 18.2 Å². The lowest BCUT2D eigenvalue weighted by Crippen LogP contribution is -2.49. The molecule has 6 nitrogen and oxygen atoms in total. The van der Waals surface area contributed by atoms with Gasteiger partial charge in [-0.15, -0.1) is 11.8 Å². The molecular weight excluding hydrogens is 487 g/mol. The minimum absolute atomic E-state index is 0.000566. The number of hydrogen-bond donors (Lipinski definition) is 1. The zero-order valence-electron chi connectivity index (χ0n) is 14.5. The number of hydrogen-bond acceptors (Lipinski definition) is 6. The van der Waals surface area contributed by atoms with Crippen molar-refractivity contribution in [1.82, 2.24) is 4.90 Å². The number of alkyl halides is 2. The van der Waals surface area contributed by atoms with E-state index in [0.717, 1.165) is 0 Å². The number of benzene rings is 1. The molecule has 1 saturated heterocycles. The van der Waals surface area contributed by atoms with Crippen LogP contribution in [0.25, 0.3) is 0 Å². The van der Waals surface area contributed by atoms with Crippen molar-refractivity contribution in [2.24, 2.45) is 16.1 Å². The van der Waals surface area contributed by atoms with Gasteiger partial charge in [-0.05, 0) is 22.2 Å². The molecule has 2 aliphatic rings. The topological polar surface area (TPSA) is 66.7 Å². The van der Waals surface area contributed by atoms with Crippen molar-refractivity contribution < 1.29 is 27.9 Å². The molecule has 1 aromatic rings. The monoisotopic (exact) mass is 501 g/mol. The Hall–Kier alpha value is -1.17. The van der Waals surface area contributed by atoms with Crippen molar-refractivity contribution in [2.75, 3.05) is 32.6 Å². The maximum absolute atomic E-state index is 14.9. The minimum Gasteiger partial charge on any atom is -0.491 e.